The second-order valence-corrected chi connectivity index (χ2v) is 5.01. The van der Waals surface area contributed by atoms with Gasteiger partial charge in [0.05, 0.1) is 13.2 Å². The summed E-state index contributed by atoms with van der Waals surface area (Å²) in [4.78, 5) is 0. The van der Waals surface area contributed by atoms with Gasteiger partial charge < -0.3 is 19.5 Å². The van der Waals surface area contributed by atoms with E-state index in [-0.39, 0.29) is 6.10 Å². The van der Waals surface area contributed by atoms with Crippen molar-refractivity contribution in [3.8, 4) is 11.5 Å². The Kier molecular flexibility index (Phi) is 5.11. The number of methoxy groups -OCH3 is 1. The summed E-state index contributed by atoms with van der Waals surface area (Å²) in [5.74, 6) is 1.14. The van der Waals surface area contributed by atoms with Crippen LogP contribution < -0.4 is 14.9 Å². The van der Waals surface area contributed by atoms with Crippen LogP contribution >= 0.6 is 0 Å². The van der Waals surface area contributed by atoms with Crippen molar-refractivity contribution >= 4 is 12.6 Å². The van der Waals surface area contributed by atoms with E-state index < -0.39 is 7.12 Å². The Bertz CT molecular complexity index is 400. The molecule has 104 valence electrons. The van der Waals surface area contributed by atoms with Gasteiger partial charge in [0.2, 0.25) is 0 Å². The molecule has 2 N–H and O–H groups in total. The maximum absolute atomic E-state index is 9.43. The highest BCUT2D eigenvalue weighted by Crippen LogP contribution is 2.23. The van der Waals surface area contributed by atoms with Crippen LogP contribution in [0.3, 0.4) is 0 Å². The minimum absolute atomic E-state index is 0.174. The van der Waals surface area contributed by atoms with Crippen LogP contribution in [0.5, 0.6) is 11.5 Å². The molecule has 1 aromatic carbocycles. The SMILES string of the molecule is COc1ccc(OC2CCCCCC2)c(B(O)O)c1. The van der Waals surface area contributed by atoms with Crippen LogP contribution in [0.4, 0.5) is 0 Å². The van der Waals surface area contributed by atoms with Gasteiger partial charge in [-0.3, -0.25) is 0 Å². The van der Waals surface area contributed by atoms with Crippen molar-refractivity contribution < 1.29 is 19.5 Å². The quantitative estimate of drug-likeness (QED) is 0.638. The van der Waals surface area contributed by atoms with Crippen molar-refractivity contribution in [2.75, 3.05) is 7.11 Å². The van der Waals surface area contributed by atoms with Gasteiger partial charge in [0, 0.05) is 5.46 Å². The normalized spacial score (nSPS) is 16.8. The first-order valence-electron chi connectivity index (χ1n) is 6.91. The van der Waals surface area contributed by atoms with Crippen LogP contribution in [0.2, 0.25) is 0 Å². The van der Waals surface area contributed by atoms with Gasteiger partial charge in [-0.25, -0.2) is 0 Å². The van der Waals surface area contributed by atoms with E-state index in [1.807, 2.05) is 0 Å². The zero-order valence-corrected chi connectivity index (χ0v) is 11.3. The van der Waals surface area contributed by atoms with Crippen molar-refractivity contribution in [2.45, 2.75) is 44.6 Å². The molecule has 0 heterocycles. The first-order valence-corrected chi connectivity index (χ1v) is 6.91. The zero-order chi connectivity index (χ0) is 13.7. The second kappa shape index (κ2) is 6.82. The van der Waals surface area contributed by atoms with E-state index in [1.54, 1.807) is 25.3 Å². The smallest absolute Gasteiger partial charge is 0.492 e. The van der Waals surface area contributed by atoms with Crippen LogP contribution in [0.1, 0.15) is 38.5 Å². The van der Waals surface area contributed by atoms with Crippen molar-refractivity contribution in [3.63, 3.8) is 0 Å². The Morgan fingerprint density at radius 1 is 1.11 bits per heavy atom. The lowest BCUT2D eigenvalue weighted by Gasteiger charge is -2.19. The lowest BCUT2D eigenvalue weighted by Crippen LogP contribution is -2.33. The maximum Gasteiger partial charge on any atom is 0.492 e. The molecular formula is C14H21BO4. The fourth-order valence-corrected chi connectivity index (χ4v) is 2.50. The number of hydrogen-bond acceptors (Lipinski definition) is 4. The van der Waals surface area contributed by atoms with Gasteiger partial charge in [-0.2, -0.15) is 0 Å². The lowest BCUT2D eigenvalue weighted by molar-refractivity contribution is 0.184. The van der Waals surface area contributed by atoms with E-state index in [0.717, 1.165) is 12.8 Å². The largest absolute Gasteiger partial charge is 0.497 e. The fraction of sp³-hybridized carbons (Fsp3) is 0.571. The fourth-order valence-electron chi connectivity index (χ4n) is 2.50. The Balaban J connectivity index is 2.13. The molecule has 0 saturated heterocycles. The first kappa shape index (κ1) is 14.2. The van der Waals surface area contributed by atoms with Crippen LogP contribution in [-0.4, -0.2) is 30.4 Å². The van der Waals surface area contributed by atoms with Crippen LogP contribution in [-0.2, 0) is 0 Å². The number of hydrogen-bond donors (Lipinski definition) is 2. The molecule has 0 aromatic heterocycles. The van der Waals surface area contributed by atoms with Crippen molar-refractivity contribution in [2.24, 2.45) is 0 Å². The van der Waals surface area contributed by atoms with Crippen molar-refractivity contribution in [1.29, 1.82) is 0 Å². The third-order valence-electron chi connectivity index (χ3n) is 3.59. The van der Waals surface area contributed by atoms with E-state index in [0.29, 0.717) is 17.0 Å². The van der Waals surface area contributed by atoms with Gasteiger partial charge in [0.25, 0.3) is 0 Å². The molecule has 1 aromatic rings. The summed E-state index contributed by atoms with van der Waals surface area (Å²) in [6.45, 7) is 0. The molecule has 1 saturated carbocycles. The Labute approximate surface area is 114 Å². The van der Waals surface area contributed by atoms with Crippen molar-refractivity contribution in [1.82, 2.24) is 0 Å². The van der Waals surface area contributed by atoms with Crippen LogP contribution in [0.25, 0.3) is 0 Å². The highest BCUT2D eigenvalue weighted by Gasteiger charge is 2.21. The van der Waals surface area contributed by atoms with E-state index in [9.17, 15) is 10.0 Å². The maximum atomic E-state index is 9.43. The minimum Gasteiger partial charge on any atom is -0.497 e. The van der Waals surface area contributed by atoms with Crippen molar-refractivity contribution in [3.05, 3.63) is 18.2 Å². The average Bonchev–Trinajstić information content (AvgIpc) is 2.67. The van der Waals surface area contributed by atoms with E-state index >= 15 is 0 Å². The summed E-state index contributed by atoms with van der Waals surface area (Å²) in [6.07, 6.45) is 7.12. The summed E-state index contributed by atoms with van der Waals surface area (Å²) in [5, 5.41) is 18.9. The van der Waals surface area contributed by atoms with E-state index in [2.05, 4.69) is 0 Å². The minimum atomic E-state index is -1.55. The predicted molar refractivity (Wildman–Crippen MR) is 74.9 cm³/mol. The van der Waals surface area contributed by atoms with Crippen LogP contribution in [0.15, 0.2) is 18.2 Å². The molecular weight excluding hydrogens is 243 g/mol. The Morgan fingerprint density at radius 3 is 2.37 bits per heavy atom. The van der Waals surface area contributed by atoms with E-state index in [4.69, 9.17) is 9.47 Å². The summed E-state index contributed by atoms with van der Waals surface area (Å²) >= 11 is 0. The number of ether oxygens (including phenoxy) is 2. The summed E-state index contributed by atoms with van der Waals surface area (Å²) in [6, 6.07) is 5.13. The molecule has 0 atom stereocenters. The van der Waals surface area contributed by atoms with Gasteiger partial charge in [0.15, 0.2) is 0 Å². The monoisotopic (exact) mass is 264 g/mol. The third kappa shape index (κ3) is 3.88. The molecule has 19 heavy (non-hydrogen) atoms. The second-order valence-electron chi connectivity index (χ2n) is 5.01. The van der Waals surface area contributed by atoms with Crippen LogP contribution in [0, 0.1) is 0 Å². The van der Waals surface area contributed by atoms with Gasteiger partial charge in [-0.1, -0.05) is 12.8 Å². The molecule has 5 heteroatoms. The summed E-state index contributed by atoms with van der Waals surface area (Å²) in [5.41, 5.74) is 0.364. The number of rotatable bonds is 4. The lowest BCUT2D eigenvalue weighted by atomic mass is 9.79. The molecule has 0 radical (unpaired) electrons. The van der Waals surface area contributed by atoms with Gasteiger partial charge >= 0.3 is 7.12 Å². The molecule has 0 bridgehead atoms. The Hall–Kier alpha value is -1.20. The zero-order valence-electron chi connectivity index (χ0n) is 11.3. The predicted octanol–water partition coefficient (Wildman–Crippen LogP) is 1.48. The highest BCUT2D eigenvalue weighted by molar-refractivity contribution is 6.59. The summed E-state index contributed by atoms with van der Waals surface area (Å²) < 4.78 is 11.0. The highest BCUT2D eigenvalue weighted by atomic mass is 16.5. The molecule has 1 aliphatic rings. The standard InChI is InChI=1S/C14H21BO4/c1-18-12-8-9-14(13(10-12)15(16)17)19-11-6-4-2-3-5-7-11/h8-11,16-17H,2-7H2,1H3. The third-order valence-corrected chi connectivity index (χ3v) is 3.59. The average molecular weight is 264 g/mol. The molecule has 1 aliphatic carbocycles. The van der Waals surface area contributed by atoms with Gasteiger partial charge in [0.1, 0.15) is 11.5 Å². The van der Waals surface area contributed by atoms with Gasteiger partial charge in [-0.15, -0.1) is 0 Å². The molecule has 0 unspecified atom stereocenters. The first-order chi connectivity index (χ1) is 9.20. The molecule has 0 spiro atoms. The molecule has 0 amide bonds. The van der Waals surface area contributed by atoms with E-state index in [1.165, 1.54) is 25.7 Å². The molecule has 4 nitrogen and oxygen atoms in total. The Morgan fingerprint density at radius 2 is 1.79 bits per heavy atom. The molecule has 0 aliphatic heterocycles. The molecule has 1 fully saturated rings. The summed E-state index contributed by atoms with van der Waals surface area (Å²) in [7, 11) is 0.00481. The topological polar surface area (TPSA) is 58.9 Å². The molecule has 2 rings (SSSR count). The van der Waals surface area contributed by atoms with Gasteiger partial charge in [-0.05, 0) is 43.9 Å². The number of benzene rings is 1.